The van der Waals surface area contributed by atoms with Crippen LogP contribution >= 0.6 is 27.5 Å². The lowest BCUT2D eigenvalue weighted by Crippen LogP contribution is -2.01. The van der Waals surface area contributed by atoms with Crippen LogP contribution in [-0.2, 0) is 11.3 Å². The third-order valence-electron chi connectivity index (χ3n) is 2.51. The van der Waals surface area contributed by atoms with Gasteiger partial charge in [-0.1, -0.05) is 11.6 Å². The highest BCUT2D eigenvalue weighted by molar-refractivity contribution is 9.10. The molecule has 2 rings (SSSR count). The number of ether oxygens (including phenoxy) is 1. The number of rotatable bonds is 4. The molecule has 0 atom stereocenters. The fraction of sp³-hybridized carbons (Fsp3) is 0.231. The minimum Gasteiger partial charge on any atom is -0.378 e. The number of anilines is 1. The molecular weight excluding hydrogens is 330 g/mol. The predicted octanol–water partition coefficient (Wildman–Crippen LogP) is 3.75. The summed E-state index contributed by atoms with van der Waals surface area (Å²) < 4.78 is 5.96. The van der Waals surface area contributed by atoms with Crippen molar-refractivity contribution in [3.05, 3.63) is 39.5 Å². The summed E-state index contributed by atoms with van der Waals surface area (Å²) in [5.74, 6) is 1.37. The number of hydrogen-bond acceptors (Lipinski definition) is 4. The van der Waals surface area contributed by atoms with Gasteiger partial charge >= 0.3 is 0 Å². The van der Waals surface area contributed by atoms with Gasteiger partial charge in [0, 0.05) is 30.3 Å². The number of nitrogens with one attached hydrogen (secondary N) is 1. The van der Waals surface area contributed by atoms with E-state index in [0.29, 0.717) is 17.5 Å². The van der Waals surface area contributed by atoms with Gasteiger partial charge in [-0.3, -0.25) is 0 Å². The van der Waals surface area contributed by atoms with Crippen LogP contribution < -0.4 is 5.32 Å². The molecule has 1 aromatic heterocycles. The lowest BCUT2D eigenvalue weighted by Gasteiger charge is -2.08. The zero-order valence-corrected chi connectivity index (χ0v) is 12.9. The molecule has 0 aliphatic carbocycles. The number of halogens is 2. The van der Waals surface area contributed by atoms with E-state index in [2.05, 4.69) is 31.2 Å². The molecule has 0 unspecified atom stereocenters. The normalized spacial score (nSPS) is 10.5. The van der Waals surface area contributed by atoms with Gasteiger partial charge in [-0.05, 0) is 34.1 Å². The fourth-order valence-corrected chi connectivity index (χ4v) is 2.04. The molecule has 0 saturated carbocycles. The average molecular weight is 343 g/mol. The molecule has 100 valence electrons. The second-order valence-corrected chi connectivity index (χ2v) is 5.14. The van der Waals surface area contributed by atoms with Crippen LogP contribution in [0.1, 0.15) is 5.69 Å². The van der Waals surface area contributed by atoms with Crippen molar-refractivity contribution in [2.75, 3.05) is 19.5 Å². The fourth-order valence-electron chi connectivity index (χ4n) is 1.61. The Kier molecular flexibility index (Phi) is 4.74. The van der Waals surface area contributed by atoms with Gasteiger partial charge in [0.2, 0.25) is 0 Å². The van der Waals surface area contributed by atoms with E-state index in [0.717, 1.165) is 21.5 Å². The minimum absolute atomic E-state index is 0.439. The summed E-state index contributed by atoms with van der Waals surface area (Å²) in [5.41, 5.74) is 1.68. The van der Waals surface area contributed by atoms with Crippen molar-refractivity contribution in [2.45, 2.75) is 6.61 Å². The molecule has 6 heteroatoms. The summed E-state index contributed by atoms with van der Waals surface area (Å²) in [6.45, 7) is 0.439. The minimum atomic E-state index is 0.439. The first-order chi connectivity index (χ1) is 9.13. The lowest BCUT2D eigenvalue weighted by molar-refractivity contribution is 0.181. The summed E-state index contributed by atoms with van der Waals surface area (Å²) >= 11 is 9.46. The Bertz CT molecular complexity index is 592. The Morgan fingerprint density at radius 1 is 1.32 bits per heavy atom. The SMILES string of the molecule is CNc1cc(COC)nc(-c2ccc(Br)c(Cl)c2)n1. The van der Waals surface area contributed by atoms with E-state index in [1.165, 1.54) is 0 Å². The van der Waals surface area contributed by atoms with Crippen LogP contribution in [0.25, 0.3) is 11.4 Å². The van der Waals surface area contributed by atoms with Crippen molar-refractivity contribution in [3.8, 4) is 11.4 Å². The molecule has 0 radical (unpaired) electrons. The smallest absolute Gasteiger partial charge is 0.161 e. The van der Waals surface area contributed by atoms with Gasteiger partial charge in [0.1, 0.15) is 5.82 Å². The molecule has 2 aromatic rings. The molecule has 19 heavy (non-hydrogen) atoms. The summed E-state index contributed by atoms with van der Waals surface area (Å²) in [6.07, 6.45) is 0. The van der Waals surface area contributed by atoms with Gasteiger partial charge < -0.3 is 10.1 Å². The molecular formula is C13H13BrClN3O. The third kappa shape index (κ3) is 3.43. The Morgan fingerprint density at radius 3 is 2.74 bits per heavy atom. The second-order valence-electron chi connectivity index (χ2n) is 3.88. The monoisotopic (exact) mass is 341 g/mol. The summed E-state index contributed by atoms with van der Waals surface area (Å²) in [6, 6.07) is 7.48. The molecule has 1 N–H and O–H groups in total. The van der Waals surface area contributed by atoms with Crippen LogP contribution in [0.15, 0.2) is 28.7 Å². The maximum atomic E-state index is 6.10. The molecule has 0 aliphatic heterocycles. The highest BCUT2D eigenvalue weighted by Gasteiger charge is 2.08. The van der Waals surface area contributed by atoms with Crippen molar-refractivity contribution in [1.29, 1.82) is 0 Å². The van der Waals surface area contributed by atoms with E-state index in [1.807, 2.05) is 31.3 Å². The molecule has 4 nitrogen and oxygen atoms in total. The van der Waals surface area contributed by atoms with Crippen LogP contribution in [0.4, 0.5) is 5.82 Å². The third-order valence-corrected chi connectivity index (χ3v) is 3.74. The topological polar surface area (TPSA) is 47.0 Å². The Labute approximate surface area is 125 Å². The van der Waals surface area contributed by atoms with Gasteiger partial charge in [-0.2, -0.15) is 0 Å². The van der Waals surface area contributed by atoms with Gasteiger partial charge in [-0.15, -0.1) is 0 Å². The Balaban J connectivity index is 2.47. The van der Waals surface area contributed by atoms with E-state index in [9.17, 15) is 0 Å². The predicted molar refractivity (Wildman–Crippen MR) is 80.4 cm³/mol. The van der Waals surface area contributed by atoms with Gasteiger partial charge in [0.15, 0.2) is 5.82 Å². The number of hydrogen-bond donors (Lipinski definition) is 1. The summed E-state index contributed by atoms with van der Waals surface area (Å²) in [5, 5.41) is 3.64. The van der Waals surface area contributed by atoms with Crippen LogP contribution in [0.2, 0.25) is 5.02 Å². The molecule has 0 spiro atoms. The van der Waals surface area contributed by atoms with E-state index in [1.54, 1.807) is 7.11 Å². The average Bonchev–Trinajstić information content (AvgIpc) is 2.42. The van der Waals surface area contributed by atoms with Crippen LogP contribution in [0.3, 0.4) is 0 Å². The summed E-state index contributed by atoms with van der Waals surface area (Å²) in [7, 11) is 3.45. The van der Waals surface area contributed by atoms with E-state index in [-0.39, 0.29) is 0 Å². The molecule has 0 saturated heterocycles. The molecule has 0 fully saturated rings. The highest BCUT2D eigenvalue weighted by Crippen LogP contribution is 2.27. The summed E-state index contributed by atoms with van der Waals surface area (Å²) in [4.78, 5) is 8.89. The van der Waals surface area contributed by atoms with Crippen molar-refractivity contribution in [2.24, 2.45) is 0 Å². The molecule has 0 bridgehead atoms. The number of benzene rings is 1. The first-order valence-electron chi connectivity index (χ1n) is 5.64. The number of nitrogens with zero attached hydrogens (tertiary/aromatic N) is 2. The Morgan fingerprint density at radius 2 is 2.11 bits per heavy atom. The van der Waals surface area contributed by atoms with Crippen molar-refractivity contribution in [3.63, 3.8) is 0 Å². The van der Waals surface area contributed by atoms with Crippen LogP contribution in [-0.4, -0.2) is 24.1 Å². The van der Waals surface area contributed by atoms with Gasteiger partial charge in [0.05, 0.1) is 17.3 Å². The zero-order valence-electron chi connectivity index (χ0n) is 10.6. The number of methoxy groups -OCH3 is 1. The first kappa shape index (κ1) is 14.2. The van der Waals surface area contributed by atoms with Crippen molar-refractivity contribution < 1.29 is 4.74 Å². The molecule has 0 aliphatic rings. The molecule has 0 amide bonds. The molecule has 1 heterocycles. The lowest BCUT2D eigenvalue weighted by atomic mass is 10.2. The first-order valence-corrected chi connectivity index (χ1v) is 6.81. The van der Waals surface area contributed by atoms with Gasteiger partial charge in [0.25, 0.3) is 0 Å². The molecule has 1 aromatic carbocycles. The highest BCUT2D eigenvalue weighted by atomic mass is 79.9. The zero-order chi connectivity index (χ0) is 13.8. The second kappa shape index (κ2) is 6.32. The van der Waals surface area contributed by atoms with Crippen LogP contribution in [0.5, 0.6) is 0 Å². The quantitative estimate of drug-likeness (QED) is 0.919. The standard InChI is InChI=1S/C13H13BrClN3O/c1-16-12-6-9(7-19-2)17-13(18-12)8-3-4-10(14)11(15)5-8/h3-6H,7H2,1-2H3,(H,16,17,18). The van der Waals surface area contributed by atoms with E-state index < -0.39 is 0 Å². The maximum absolute atomic E-state index is 6.10. The maximum Gasteiger partial charge on any atom is 0.161 e. The number of aromatic nitrogens is 2. The Hall–Kier alpha value is -1.17. The van der Waals surface area contributed by atoms with E-state index in [4.69, 9.17) is 16.3 Å². The van der Waals surface area contributed by atoms with Crippen molar-refractivity contribution in [1.82, 2.24) is 9.97 Å². The van der Waals surface area contributed by atoms with Crippen LogP contribution in [0, 0.1) is 0 Å². The largest absolute Gasteiger partial charge is 0.378 e. The van der Waals surface area contributed by atoms with E-state index >= 15 is 0 Å². The van der Waals surface area contributed by atoms with Crippen molar-refractivity contribution >= 4 is 33.3 Å². The van der Waals surface area contributed by atoms with Gasteiger partial charge in [-0.25, -0.2) is 9.97 Å².